The van der Waals surface area contributed by atoms with E-state index in [1.54, 1.807) is 13.0 Å². The first kappa shape index (κ1) is 15.7. The molecule has 0 saturated carbocycles. The monoisotopic (exact) mass is 305 g/mol. The third-order valence-electron chi connectivity index (χ3n) is 3.46. The van der Waals surface area contributed by atoms with Gasteiger partial charge in [0, 0.05) is 12.6 Å². The number of phenolic OH excluding ortho intramolecular Hbond substituents is 2. The van der Waals surface area contributed by atoms with Crippen molar-refractivity contribution in [2.75, 3.05) is 17.2 Å². The van der Waals surface area contributed by atoms with Crippen LogP contribution in [0.4, 0.5) is 11.5 Å². The Kier molecular flexibility index (Phi) is 4.25. The highest BCUT2D eigenvalue weighted by Gasteiger charge is 2.23. The van der Waals surface area contributed by atoms with E-state index in [4.69, 9.17) is 10.3 Å². The van der Waals surface area contributed by atoms with Crippen LogP contribution in [0.25, 0.3) is 11.3 Å². The molecular formula is C15H19N3O4. The van der Waals surface area contributed by atoms with Crippen LogP contribution in [-0.2, 0) is 4.79 Å². The Labute approximate surface area is 127 Å². The quantitative estimate of drug-likeness (QED) is 0.731. The van der Waals surface area contributed by atoms with E-state index in [0.717, 1.165) is 0 Å². The average molecular weight is 305 g/mol. The summed E-state index contributed by atoms with van der Waals surface area (Å²) in [4.78, 5) is 12.3. The van der Waals surface area contributed by atoms with Crippen LogP contribution in [-0.4, -0.2) is 28.3 Å². The molecule has 0 aliphatic carbocycles. The molecule has 0 fully saturated rings. The highest BCUT2D eigenvalue weighted by atomic mass is 16.5. The molecule has 0 atom stereocenters. The zero-order chi connectivity index (χ0) is 16.4. The molecule has 4 N–H and O–H groups in total. The molecule has 0 unspecified atom stereocenters. The Hall–Kier alpha value is -2.70. The van der Waals surface area contributed by atoms with Gasteiger partial charge in [0.1, 0.15) is 17.2 Å². The van der Waals surface area contributed by atoms with Gasteiger partial charge >= 0.3 is 0 Å². The molecule has 0 saturated heterocycles. The predicted molar refractivity (Wildman–Crippen MR) is 82.9 cm³/mol. The summed E-state index contributed by atoms with van der Waals surface area (Å²) in [5, 5.41) is 23.7. The highest BCUT2D eigenvalue weighted by Crippen LogP contribution is 2.42. The van der Waals surface area contributed by atoms with Crippen molar-refractivity contribution in [2.45, 2.75) is 26.7 Å². The number of phenols is 2. The number of nitrogen functional groups attached to an aromatic ring is 1. The first-order valence-electron chi connectivity index (χ1n) is 6.94. The lowest BCUT2D eigenvalue weighted by atomic mass is 9.97. The van der Waals surface area contributed by atoms with Crippen LogP contribution < -0.4 is 10.6 Å². The van der Waals surface area contributed by atoms with Gasteiger partial charge in [-0.2, -0.15) is 0 Å². The number of aromatic hydroxyl groups is 2. The topological polar surface area (TPSA) is 113 Å². The second-order valence-corrected chi connectivity index (χ2v) is 5.22. The van der Waals surface area contributed by atoms with Gasteiger partial charge in [-0.3, -0.25) is 9.69 Å². The number of nitrogens with two attached hydrogens (primary N) is 1. The van der Waals surface area contributed by atoms with Gasteiger partial charge in [0.2, 0.25) is 12.2 Å². The summed E-state index contributed by atoms with van der Waals surface area (Å²) in [6.45, 7) is 5.99. The van der Waals surface area contributed by atoms with Gasteiger partial charge < -0.3 is 20.5 Å². The van der Waals surface area contributed by atoms with E-state index in [1.807, 2.05) is 13.8 Å². The van der Waals surface area contributed by atoms with E-state index in [-0.39, 0.29) is 34.7 Å². The third-order valence-corrected chi connectivity index (χ3v) is 3.46. The van der Waals surface area contributed by atoms with Gasteiger partial charge in [0.25, 0.3) is 0 Å². The van der Waals surface area contributed by atoms with Crippen LogP contribution in [0, 0.1) is 0 Å². The van der Waals surface area contributed by atoms with E-state index in [2.05, 4.69) is 5.16 Å². The molecule has 0 radical (unpaired) electrons. The van der Waals surface area contributed by atoms with E-state index < -0.39 is 0 Å². The van der Waals surface area contributed by atoms with Crippen LogP contribution in [0.5, 0.6) is 11.5 Å². The largest absolute Gasteiger partial charge is 0.508 e. The summed E-state index contributed by atoms with van der Waals surface area (Å²) >= 11 is 0. The van der Waals surface area contributed by atoms with E-state index >= 15 is 0 Å². The van der Waals surface area contributed by atoms with Gasteiger partial charge in [0.05, 0.1) is 5.56 Å². The highest BCUT2D eigenvalue weighted by molar-refractivity contribution is 5.88. The number of rotatable bonds is 5. The van der Waals surface area contributed by atoms with Crippen LogP contribution >= 0.6 is 0 Å². The van der Waals surface area contributed by atoms with Gasteiger partial charge in [-0.1, -0.05) is 19.0 Å². The lowest BCUT2D eigenvalue weighted by Gasteiger charge is -2.12. The van der Waals surface area contributed by atoms with Crippen molar-refractivity contribution in [3.63, 3.8) is 0 Å². The summed E-state index contributed by atoms with van der Waals surface area (Å²) < 4.78 is 5.20. The number of aromatic nitrogens is 1. The molecule has 0 aliphatic heterocycles. The molecule has 1 aromatic carbocycles. The van der Waals surface area contributed by atoms with Gasteiger partial charge in [0.15, 0.2) is 5.76 Å². The summed E-state index contributed by atoms with van der Waals surface area (Å²) in [5.74, 6) is 0.231. The number of hydrogen-bond acceptors (Lipinski definition) is 6. The van der Waals surface area contributed by atoms with E-state index in [9.17, 15) is 15.0 Å². The first-order valence-corrected chi connectivity index (χ1v) is 6.94. The van der Waals surface area contributed by atoms with Crippen molar-refractivity contribution in [1.82, 2.24) is 5.16 Å². The standard InChI is InChI=1S/C15H19N3O4/c1-4-18(7-19)15-13(16)14(22-17-15)10-5-9(8(2)3)11(20)6-12(10)21/h5-8,20-21H,4,16H2,1-3H3. The van der Waals surface area contributed by atoms with Crippen molar-refractivity contribution in [1.29, 1.82) is 0 Å². The normalized spacial score (nSPS) is 10.9. The summed E-state index contributed by atoms with van der Waals surface area (Å²) in [7, 11) is 0. The molecular weight excluding hydrogens is 286 g/mol. The second-order valence-electron chi connectivity index (χ2n) is 5.22. The Bertz CT molecular complexity index is 694. The molecule has 7 nitrogen and oxygen atoms in total. The summed E-state index contributed by atoms with van der Waals surface area (Å²) in [6.07, 6.45) is 0.605. The SMILES string of the molecule is CCN(C=O)c1noc(-c2cc(C(C)C)c(O)cc2O)c1N. The maximum atomic E-state index is 11.0. The molecule has 0 spiro atoms. The number of carbonyl (C=O) groups is 1. The second kappa shape index (κ2) is 5.97. The van der Waals surface area contributed by atoms with Crippen molar-refractivity contribution in [2.24, 2.45) is 0 Å². The van der Waals surface area contributed by atoms with Crippen LogP contribution in [0.3, 0.4) is 0 Å². The molecule has 1 amide bonds. The minimum Gasteiger partial charge on any atom is -0.508 e. The minimum absolute atomic E-state index is 0.00219. The Balaban J connectivity index is 2.58. The fourth-order valence-corrected chi connectivity index (χ4v) is 2.20. The number of anilines is 2. The number of hydrogen-bond donors (Lipinski definition) is 3. The number of nitrogens with zero attached hydrogens (tertiary/aromatic N) is 2. The van der Waals surface area contributed by atoms with Crippen LogP contribution in [0.1, 0.15) is 32.3 Å². The lowest BCUT2D eigenvalue weighted by Crippen LogP contribution is -2.21. The number of benzene rings is 1. The van der Waals surface area contributed by atoms with Crippen molar-refractivity contribution < 1.29 is 19.5 Å². The zero-order valence-electron chi connectivity index (χ0n) is 12.7. The summed E-state index contributed by atoms with van der Waals surface area (Å²) in [5.41, 5.74) is 7.11. The fourth-order valence-electron chi connectivity index (χ4n) is 2.20. The smallest absolute Gasteiger partial charge is 0.215 e. The molecule has 2 rings (SSSR count). The average Bonchev–Trinajstić information content (AvgIpc) is 2.82. The molecule has 0 bridgehead atoms. The van der Waals surface area contributed by atoms with Crippen LogP contribution in [0.15, 0.2) is 16.7 Å². The van der Waals surface area contributed by atoms with Gasteiger partial charge in [-0.15, -0.1) is 0 Å². The fraction of sp³-hybridized carbons (Fsp3) is 0.333. The number of amides is 1. The van der Waals surface area contributed by atoms with Crippen molar-refractivity contribution in [3.8, 4) is 22.8 Å². The molecule has 22 heavy (non-hydrogen) atoms. The molecule has 1 heterocycles. The maximum absolute atomic E-state index is 11.0. The molecule has 7 heteroatoms. The molecule has 2 aromatic rings. The molecule has 1 aromatic heterocycles. The zero-order valence-corrected chi connectivity index (χ0v) is 12.7. The van der Waals surface area contributed by atoms with Crippen LogP contribution in [0.2, 0.25) is 0 Å². The summed E-state index contributed by atoms with van der Waals surface area (Å²) in [6, 6.07) is 2.84. The first-order chi connectivity index (χ1) is 10.4. The maximum Gasteiger partial charge on any atom is 0.215 e. The van der Waals surface area contributed by atoms with E-state index in [1.165, 1.54) is 11.0 Å². The van der Waals surface area contributed by atoms with Gasteiger partial charge in [-0.25, -0.2) is 0 Å². The Morgan fingerprint density at radius 2 is 2.05 bits per heavy atom. The van der Waals surface area contributed by atoms with Gasteiger partial charge in [-0.05, 0) is 24.5 Å². The van der Waals surface area contributed by atoms with E-state index in [0.29, 0.717) is 24.1 Å². The third kappa shape index (κ3) is 2.57. The predicted octanol–water partition coefficient (Wildman–Crippen LogP) is 2.44. The lowest BCUT2D eigenvalue weighted by molar-refractivity contribution is -0.107. The Morgan fingerprint density at radius 1 is 1.36 bits per heavy atom. The van der Waals surface area contributed by atoms with Crippen molar-refractivity contribution in [3.05, 3.63) is 17.7 Å². The Morgan fingerprint density at radius 3 is 2.59 bits per heavy atom. The minimum atomic E-state index is -0.176. The van der Waals surface area contributed by atoms with Crippen molar-refractivity contribution >= 4 is 17.9 Å². The molecule has 118 valence electrons. The molecule has 0 aliphatic rings. The number of carbonyl (C=O) groups excluding carboxylic acids is 1.